The molecule has 4 fully saturated rings. The highest BCUT2D eigenvalue weighted by Gasteiger charge is 2.52. The lowest BCUT2D eigenvalue weighted by Gasteiger charge is -2.49. The number of amides is 7. The van der Waals surface area contributed by atoms with E-state index >= 15 is 0 Å². The predicted molar refractivity (Wildman–Crippen MR) is 128 cm³/mol. The standard InChI is InChI=1S/C24H36N6O6/c1-3-4-10-28-19(32)17(18(25)26)20(33)30(22(28)35)15-5-7-23(2,8-6-15)13-29-21(34)27-16(31)12-24(29)9-11-36-14-24/h15H,3-14,25-26H2,1-2H3,(H,27,31,34)/t15?,23?,24-/m1/s1. The Hall–Kier alpha value is -3.15. The molecule has 0 bridgehead atoms. The molecule has 36 heavy (non-hydrogen) atoms. The number of rotatable bonds is 6. The number of barbiturate groups is 1. The molecule has 0 unspecified atom stereocenters. The van der Waals surface area contributed by atoms with Crippen LogP contribution in [0.2, 0.25) is 0 Å². The zero-order chi connectivity index (χ0) is 26.3. The highest BCUT2D eigenvalue weighted by atomic mass is 16.5. The van der Waals surface area contributed by atoms with Crippen LogP contribution in [-0.4, -0.2) is 82.4 Å². The van der Waals surface area contributed by atoms with Crippen molar-refractivity contribution in [3.05, 3.63) is 11.4 Å². The van der Waals surface area contributed by atoms with Crippen molar-refractivity contribution in [2.24, 2.45) is 16.9 Å². The van der Waals surface area contributed by atoms with Gasteiger partial charge in [0.2, 0.25) is 5.91 Å². The number of nitrogens with zero attached hydrogens (tertiary/aromatic N) is 3. The van der Waals surface area contributed by atoms with Crippen molar-refractivity contribution in [2.45, 2.75) is 76.8 Å². The first kappa shape index (κ1) is 25.9. The molecule has 12 heteroatoms. The molecule has 1 aliphatic carbocycles. The van der Waals surface area contributed by atoms with Crippen molar-refractivity contribution in [3.8, 4) is 0 Å². The Kier molecular flexibility index (Phi) is 7.00. The fourth-order valence-electron chi connectivity index (χ4n) is 5.86. The first-order valence-corrected chi connectivity index (χ1v) is 12.7. The molecule has 3 heterocycles. The molecule has 3 saturated heterocycles. The Labute approximate surface area is 210 Å². The van der Waals surface area contributed by atoms with E-state index in [-0.39, 0.29) is 35.7 Å². The van der Waals surface area contributed by atoms with Crippen molar-refractivity contribution in [1.82, 2.24) is 20.0 Å². The van der Waals surface area contributed by atoms with Gasteiger partial charge in [-0.1, -0.05) is 20.3 Å². The van der Waals surface area contributed by atoms with Crippen LogP contribution >= 0.6 is 0 Å². The Morgan fingerprint density at radius 2 is 1.78 bits per heavy atom. The summed E-state index contributed by atoms with van der Waals surface area (Å²) in [5, 5.41) is 2.43. The number of nitrogens with two attached hydrogens (primary N) is 2. The predicted octanol–water partition coefficient (Wildman–Crippen LogP) is 0.756. The van der Waals surface area contributed by atoms with Crippen LogP contribution in [0.3, 0.4) is 0 Å². The van der Waals surface area contributed by atoms with Gasteiger partial charge in [-0.25, -0.2) is 9.59 Å². The number of imide groups is 3. The van der Waals surface area contributed by atoms with Crippen LogP contribution in [0, 0.1) is 5.41 Å². The van der Waals surface area contributed by atoms with Crippen LogP contribution in [0.15, 0.2) is 11.4 Å². The van der Waals surface area contributed by atoms with Gasteiger partial charge in [-0.05, 0) is 43.9 Å². The summed E-state index contributed by atoms with van der Waals surface area (Å²) >= 11 is 0. The second-order valence-corrected chi connectivity index (χ2v) is 10.8. The van der Waals surface area contributed by atoms with Crippen molar-refractivity contribution >= 4 is 29.8 Å². The molecule has 0 radical (unpaired) electrons. The van der Waals surface area contributed by atoms with Crippen LogP contribution in [0.1, 0.15) is 65.2 Å². The zero-order valence-electron chi connectivity index (χ0n) is 21.0. The van der Waals surface area contributed by atoms with Gasteiger partial charge in [0.15, 0.2) is 0 Å². The molecule has 5 N–H and O–H groups in total. The van der Waals surface area contributed by atoms with Crippen molar-refractivity contribution in [1.29, 1.82) is 0 Å². The van der Waals surface area contributed by atoms with Crippen LogP contribution in [0.4, 0.5) is 9.59 Å². The summed E-state index contributed by atoms with van der Waals surface area (Å²) in [6.45, 7) is 5.48. The third-order valence-corrected chi connectivity index (χ3v) is 8.06. The molecule has 7 amide bonds. The van der Waals surface area contributed by atoms with Crippen LogP contribution in [0.5, 0.6) is 0 Å². The van der Waals surface area contributed by atoms with Gasteiger partial charge in [-0.3, -0.25) is 29.5 Å². The van der Waals surface area contributed by atoms with E-state index in [2.05, 4.69) is 12.2 Å². The quantitative estimate of drug-likeness (QED) is 0.352. The van der Waals surface area contributed by atoms with E-state index in [0.717, 1.165) is 16.2 Å². The summed E-state index contributed by atoms with van der Waals surface area (Å²) in [7, 11) is 0. The minimum atomic E-state index is -0.748. The second-order valence-electron chi connectivity index (χ2n) is 10.8. The van der Waals surface area contributed by atoms with E-state index in [9.17, 15) is 24.0 Å². The molecule has 4 aliphatic rings. The summed E-state index contributed by atoms with van der Waals surface area (Å²) in [5.41, 5.74) is 10.1. The zero-order valence-corrected chi connectivity index (χ0v) is 21.0. The fraction of sp³-hybridized carbons (Fsp3) is 0.708. The maximum atomic E-state index is 13.2. The summed E-state index contributed by atoms with van der Waals surface area (Å²) in [6.07, 6.45) is 4.51. The number of hydrogen-bond acceptors (Lipinski definition) is 8. The topological polar surface area (TPSA) is 168 Å². The molecular weight excluding hydrogens is 468 g/mol. The van der Waals surface area contributed by atoms with E-state index in [1.54, 1.807) is 4.90 Å². The summed E-state index contributed by atoms with van der Waals surface area (Å²) in [5.74, 6) is -2.17. The normalized spacial score (nSPS) is 31.5. The first-order chi connectivity index (χ1) is 17.0. The van der Waals surface area contributed by atoms with E-state index < -0.39 is 35.5 Å². The molecule has 12 nitrogen and oxygen atoms in total. The maximum absolute atomic E-state index is 13.2. The molecule has 0 aromatic carbocycles. The average Bonchev–Trinajstić information content (AvgIpc) is 3.26. The molecule has 0 aromatic rings. The second kappa shape index (κ2) is 9.72. The number of carbonyl (C=O) groups is 5. The van der Waals surface area contributed by atoms with Gasteiger partial charge in [-0.2, -0.15) is 0 Å². The minimum Gasteiger partial charge on any atom is -0.385 e. The minimum absolute atomic E-state index is 0.187. The lowest BCUT2D eigenvalue weighted by atomic mass is 9.72. The molecule has 1 spiro atoms. The molecule has 4 rings (SSSR count). The van der Waals surface area contributed by atoms with Gasteiger partial charge in [0.25, 0.3) is 11.8 Å². The maximum Gasteiger partial charge on any atom is 0.334 e. The fourth-order valence-corrected chi connectivity index (χ4v) is 5.86. The Morgan fingerprint density at radius 3 is 2.36 bits per heavy atom. The highest BCUT2D eigenvalue weighted by molar-refractivity contribution is 6.29. The van der Waals surface area contributed by atoms with Gasteiger partial charge in [-0.15, -0.1) is 0 Å². The Morgan fingerprint density at radius 1 is 1.08 bits per heavy atom. The number of urea groups is 2. The van der Waals surface area contributed by atoms with E-state index in [1.807, 2.05) is 6.92 Å². The van der Waals surface area contributed by atoms with Crippen LogP contribution < -0.4 is 16.8 Å². The number of ether oxygens (including phenoxy) is 1. The van der Waals surface area contributed by atoms with Crippen LogP contribution in [0.25, 0.3) is 0 Å². The molecule has 0 aromatic heterocycles. The molecule has 1 atom stereocenters. The summed E-state index contributed by atoms with van der Waals surface area (Å²) < 4.78 is 5.57. The third-order valence-electron chi connectivity index (χ3n) is 8.06. The van der Waals surface area contributed by atoms with E-state index in [0.29, 0.717) is 58.3 Å². The van der Waals surface area contributed by atoms with Gasteiger partial charge in [0.1, 0.15) is 11.4 Å². The third kappa shape index (κ3) is 4.54. The lowest BCUT2D eigenvalue weighted by molar-refractivity contribution is -0.138. The van der Waals surface area contributed by atoms with Gasteiger partial charge in [0.05, 0.1) is 18.6 Å². The molecule has 3 aliphatic heterocycles. The van der Waals surface area contributed by atoms with Crippen molar-refractivity contribution < 1.29 is 28.7 Å². The molecular formula is C24H36N6O6. The SMILES string of the molecule is CCCCN1C(=O)C(=C(N)N)C(=O)N(C2CCC(C)(CN3C(=O)NC(=O)C[C@@]34CCOC4)CC2)C1=O. The smallest absolute Gasteiger partial charge is 0.334 e. The van der Waals surface area contributed by atoms with Crippen molar-refractivity contribution in [2.75, 3.05) is 26.3 Å². The molecule has 198 valence electrons. The number of unbranched alkanes of at least 4 members (excludes halogenated alkanes) is 1. The average molecular weight is 505 g/mol. The number of carbonyl (C=O) groups excluding carboxylic acids is 5. The lowest BCUT2D eigenvalue weighted by Crippen LogP contribution is -2.65. The van der Waals surface area contributed by atoms with Gasteiger partial charge < -0.3 is 21.1 Å². The Balaban J connectivity index is 1.50. The molecule has 1 saturated carbocycles. The van der Waals surface area contributed by atoms with Crippen molar-refractivity contribution in [3.63, 3.8) is 0 Å². The summed E-state index contributed by atoms with van der Waals surface area (Å²) in [6, 6.07) is -1.45. The van der Waals surface area contributed by atoms with Gasteiger partial charge in [0, 0.05) is 25.7 Å². The van der Waals surface area contributed by atoms with E-state index in [1.165, 1.54) is 0 Å². The number of nitrogens with one attached hydrogen (secondary N) is 1. The monoisotopic (exact) mass is 504 g/mol. The first-order valence-electron chi connectivity index (χ1n) is 12.7. The highest BCUT2D eigenvalue weighted by Crippen LogP contribution is 2.43. The largest absolute Gasteiger partial charge is 0.385 e. The van der Waals surface area contributed by atoms with Gasteiger partial charge >= 0.3 is 12.1 Å². The van der Waals surface area contributed by atoms with E-state index in [4.69, 9.17) is 16.2 Å². The Bertz CT molecular complexity index is 991. The summed E-state index contributed by atoms with van der Waals surface area (Å²) in [4.78, 5) is 68.0. The van der Waals surface area contributed by atoms with Crippen LogP contribution in [-0.2, 0) is 19.1 Å². The number of hydrogen-bond donors (Lipinski definition) is 3.